The highest BCUT2D eigenvalue weighted by molar-refractivity contribution is 6.30. The third kappa shape index (κ3) is 5.84. The van der Waals surface area contributed by atoms with E-state index in [4.69, 9.17) is 22.1 Å². The number of hydrogen-bond donors (Lipinski definition) is 1. The van der Waals surface area contributed by atoms with Crippen molar-refractivity contribution in [3.8, 4) is 5.75 Å². The zero-order valence-corrected chi connectivity index (χ0v) is 13.0. The molecule has 19 heavy (non-hydrogen) atoms. The van der Waals surface area contributed by atoms with Crippen LogP contribution in [0.3, 0.4) is 0 Å². The standard InChI is InChI=1S/C16H26ClNO/c1-4-6-12(3)11-19-16-8-7-14(17)9-13(16)10-15(18)5-2/h7-9,12,15H,4-6,10-11,18H2,1-3H3. The Bertz CT molecular complexity index is 381. The lowest BCUT2D eigenvalue weighted by molar-refractivity contribution is 0.249. The molecule has 2 N–H and O–H groups in total. The van der Waals surface area contributed by atoms with Gasteiger partial charge in [0.2, 0.25) is 0 Å². The molecule has 0 saturated heterocycles. The van der Waals surface area contributed by atoms with Gasteiger partial charge in [-0.05, 0) is 48.9 Å². The molecule has 0 bridgehead atoms. The molecule has 0 aliphatic heterocycles. The fourth-order valence-electron chi connectivity index (χ4n) is 2.08. The molecule has 0 aromatic heterocycles. The molecular weight excluding hydrogens is 258 g/mol. The summed E-state index contributed by atoms with van der Waals surface area (Å²) in [7, 11) is 0. The summed E-state index contributed by atoms with van der Waals surface area (Å²) in [4.78, 5) is 0. The van der Waals surface area contributed by atoms with Gasteiger partial charge in [0.25, 0.3) is 0 Å². The summed E-state index contributed by atoms with van der Waals surface area (Å²) in [6, 6.07) is 5.96. The van der Waals surface area contributed by atoms with Crippen molar-refractivity contribution < 1.29 is 4.74 Å². The first-order chi connectivity index (χ1) is 9.06. The molecular formula is C16H26ClNO. The minimum absolute atomic E-state index is 0.161. The Morgan fingerprint density at radius 3 is 2.68 bits per heavy atom. The predicted octanol–water partition coefficient (Wildman–Crippen LogP) is 4.43. The smallest absolute Gasteiger partial charge is 0.122 e. The van der Waals surface area contributed by atoms with Crippen LogP contribution >= 0.6 is 11.6 Å². The van der Waals surface area contributed by atoms with Crippen LogP contribution in [0.1, 0.15) is 45.6 Å². The van der Waals surface area contributed by atoms with Crippen molar-refractivity contribution in [1.29, 1.82) is 0 Å². The van der Waals surface area contributed by atoms with Gasteiger partial charge in [-0.2, -0.15) is 0 Å². The zero-order chi connectivity index (χ0) is 14.3. The molecule has 1 aromatic carbocycles. The second-order valence-electron chi connectivity index (χ2n) is 5.33. The summed E-state index contributed by atoms with van der Waals surface area (Å²) in [6.07, 6.45) is 4.16. The molecule has 2 unspecified atom stereocenters. The first-order valence-electron chi connectivity index (χ1n) is 7.23. The molecule has 0 heterocycles. The quantitative estimate of drug-likeness (QED) is 0.766. The molecule has 3 heteroatoms. The highest BCUT2D eigenvalue weighted by atomic mass is 35.5. The van der Waals surface area contributed by atoms with E-state index in [0.717, 1.165) is 35.8 Å². The molecule has 0 aliphatic carbocycles. The van der Waals surface area contributed by atoms with Crippen molar-refractivity contribution in [3.63, 3.8) is 0 Å². The second-order valence-corrected chi connectivity index (χ2v) is 5.77. The van der Waals surface area contributed by atoms with E-state index in [1.807, 2.05) is 18.2 Å². The van der Waals surface area contributed by atoms with Gasteiger partial charge in [0, 0.05) is 11.1 Å². The first-order valence-corrected chi connectivity index (χ1v) is 7.61. The van der Waals surface area contributed by atoms with Crippen LogP contribution in [0.2, 0.25) is 5.02 Å². The maximum atomic E-state index is 6.06. The summed E-state index contributed by atoms with van der Waals surface area (Å²) in [5.74, 6) is 1.50. The van der Waals surface area contributed by atoms with Crippen molar-refractivity contribution in [3.05, 3.63) is 28.8 Å². The first kappa shape index (κ1) is 16.3. The Kier molecular flexibility index (Phi) is 7.25. The Labute approximate surface area is 122 Å². The number of rotatable bonds is 8. The van der Waals surface area contributed by atoms with Gasteiger partial charge in [-0.1, -0.05) is 38.8 Å². The molecule has 1 aromatic rings. The van der Waals surface area contributed by atoms with Gasteiger partial charge in [-0.15, -0.1) is 0 Å². The normalized spacial score (nSPS) is 14.2. The van der Waals surface area contributed by atoms with Gasteiger partial charge in [-0.3, -0.25) is 0 Å². The van der Waals surface area contributed by atoms with E-state index in [-0.39, 0.29) is 6.04 Å². The Morgan fingerprint density at radius 1 is 1.32 bits per heavy atom. The molecule has 2 atom stereocenters. The minimum Gasteiger partial charge on any atom is -0.493 e. The maximum Gasteiger partial charge on any atom is 0.122 e. The van der Waals surface area contributed by atoms with Crippen LogP contribution in [0.4, 0.5) is 0 Å². The number of hydrogen-bond acceptors (Lipinski definition) is 2. The molecule has 1 rings (SSSR count). The molecule has 0 fully saturated rings. The highest BCUT2D eigenvalue weighted by Crippen LogP contribution is 2.25. The number of halogens is 1. The zero-order valence-electron chi connectivity index (χ0n) is 12.3. The van der Waals surface area contributed by atoms with E-state index in [1.54, 1.807) is 0 Å². The van der Waals surface area contributed by atoms with Crippen LogP contribution in [0.25, 0.3) is 0 Å². The number of nitrogens with two attached hydrogens (primary N) is 1. The largest absolute Gasteiger partial charge is 0.493 e. The third-order valence-corrected chi connectivity index (χ3v) is 3.57. The van der Waals surface area contributed by atoms with Gasteiger partial charge >= 0.3 is 0 Å². The topological polar surface area (TPSA) is 35.2 Å². The molecule has 0 spiro atoms. The van der Waals surface area contributed by atoms with E-state index < -0.39 is 0 Å². The highest BCUT2D eigenvalue weighted by Gasteiger charge is 2.10. The lowest BCUT2D eigenvalue weighted by Gasteiger charge is -2.17. The SMILES string of the molecule is CCCC(C)COc1ccc(Cl)cc1CC(N)CC. The molecule has 0 saturated carbocycles. The van der Waals surface area contributed by atoms with Crippen LogP contribution in [0.15, 0.2) is 18.2 Å². The van der Waals surface area contributed by atoms with Crippen LogP contribution < -0.4 is 10.5 Å². The minimum atomic E-state index is 0.161. The fourth-order valence-corrected chi connectivity index (χ4v) is 2.28. The molecule has 108 valence electrons. The molecule has 0 radical (unpaired) electrons. The number of ether oxygens (including phenoxy) is 1. The van der Waals surface area contributed by atoms with Crippen LogP contribution in [-0.2, 0) is 6.42 Å². The van der Waals surface area contributed by atoms with Crippen LogP contribution in [-0.4, -0.2) is 12.6 Å². The van der Waals surface area contributed by atoms with Crippen molar-refractivity contribution in [2.24, 2.45) is 11.7 Å². The maximum absolute atomic E-state index is 6.06. The average Bonchev–Trinajstić information content (AvgIpc) is 2.38. The van der Waals surface area contributed by atoms with E-state index in [9.17, 15) is 0 Å². The molecule has 2 nitrogen and oxygen atoms in total. The van der Waals surface area contributed by atoms with Crippen molar-refractivity contribution in [2.45, 2.75) is 52.5 Å². The van der Waals surface area contributed by atoms with Crippen molar-refractivity contribution in [2.75, 3.05) is 6.61 Å². The van der Waals surface area contributed by atoms with Gasteiger partial charge < -0.3 is 10.5 Å². The molecule has 0 aliphatic rings. The van der Waals surface area contributed by atoms with Gasteiger partial charge in [0.15, 0.2) is 0 Å². The van der Waals surface area contributed by atoms with E-state index in [2.05, 4.69) is 20.8 Å². The van der Waals surface area contributed by atoms with Crippen LogP contribution in [0, 0.1) is 5.92 Å². The fraction of sp³-hybridized carbons (Fsp3) is 0.625. The Hall–Kier alpha value is -0.730. The van der Waals surface area contributed by atoms with E-state index in [1.165, 1.54) is 12.8 Å². The number of benzene rings is 1. The van der Waals surface area contributed by atoms with Crippen LogP contribution in [0.5, 0.6) is 5.75 Å². The third-order valence-electron chi connectivity index (χ3n) is 3.33. The predicted molar refractivity (Wildman–Crippen MR) is 83.0 cm³/mol. The second kappa shape index (κ2) is 8.44. The Balaban J connectivity index is 2.70. The molecule has 0 amide bonds. The van der Waals surface area contributed by atoms with Gasteiger partial charge in [0.05, 0.1) is 6.61 Å². The summed E-state index contributed by atoms with van der Waals surface area (Å²) >= 11 is 6.06. The summed E-state index contributed by atoms with van der Waals surface area (Å²) in [5, 5.41) is 0.743. The summed E-state index contributed by atoms with van der Waals surface area (Å²) in [6.45, 7) is 7.27. The van der Waals surface area contributed by atoms with Gasteiger partial charge in [0.1, 0.15) is 5.75 Å². The summed E-state index contributed by atoms with van der Waals surface area (Å²) < 4.78 is 5.94. The summed E-state index contributed by atoms with van der Waals surface area (Å²) in [5.41, 5.74) is 7.15. The van der Waals surface area contributed by atoms with Gasteiger partial charge in [-0.25, -0.2) is 0 Å². The lowest BCUT2D eigenvalue weighted by atomic mass is 10.0. The van der Waals surface area contributed by atoms with Crippen molar-refractivity contribution in [1.82, 2.24) is 0 Å². The average molecular weight is 284 g/mol. The van der Waals surface area contributed by atoms with E-state index >= 15 is 0 Å². The Morgan fingerprint density at radius 2 is 2.05 bits per heavy atom. The van der Waals surface area contributed by atoms with Crippen molar-refractivity contribution >= 4 is 11.6 Å². The monoisotopic (exact) mass is 283 g/mol. The lowest BCUT2D eigenvalue weighted by Crippen LogP contribution is -2.22. The van der Waals surface area contributed by atoms with E-state index in [0.29, 0.717) is 5.92 Å².